The number of hydrogen-bond acceptors (Lipinski definition) is 3. The maximum Gasteiger partial charge on any atom is 0.118 e. The van der Waals surface area contributed by atoms with Gasteiger partial charge in [-0.05, 0) is 30.7 Å². The van der Waals surface area contributed by atoms with Gasteiger partial charge >= 0.3 is 0 Å². The third-order valence-corrected chi connectivity index (χ3v) is 4.21. The Labute approximate surface area is 119 Å². The molecule has 0 spiro atoms. The lowest BCUT2D eigenvalue weighted by Crippen LogP contribution is -2.28. The van der Waals surface area contributed by atoms with Crippen molar-refractivity contribution in [3.63, 3.8) is 0 Å². The molecule has 1 aliphatic rings. The second-order valence-electron chi connectivity index (χ2n) is 5.74. The molecule has 3 rings (SSSR count). The monoisotopic (exact) mass is 271 g/mol. The van der Waals surface area contributed by atoms with Crippen molar-refractivity contribution in [2.24, 2.45) is 0 Å². The standard InChI is InChI=1S/C16H21N3O/c1-16(7-8-17-11-16)15-9-18-12-19(15)10-13-3-5-14(20-2)6-4-13/h3-6,9,12,17H,7-8,10-11H2,1-2H3. The van der Waals surface area contributed by atoms with Crippen molar-refractivity contribution < 1.29 is 4.74 Å². The van der Waals surface area contributed by atoms with E-state index in [4.69, 9.17) is 4.74 Å². The summed E-state index contributed by atoms with van der Waals surface area (Å²) in [4.78, 5) is 4.35. The van der Waals surface area contributed by atoms with Crippen molar-refractivity contribution >= 4 is 0 Å². The third-order valence-electron chi connectivity index (χ3n) is 4.21. The number of methoxy groups -OCH3 is 1. The van der Waals surface area contributed by atoms with Crippen LogP contribution in [0, 0.1) is 0 Å². The smallest absolute Gasteiger partial charge is 0.118 e. The fourth-order valence-electron chi connectivity index (χ4n) is 2.91. The highest BCUT2D eigenvalue weighted by Gasteiger charge is 2.33. The van der Waals surface area contributed by atoms with Crippen LogP contribution in [-0.2, 0) is 12.0 Å². The summed E-state index contributed by atoms with van der Waals surface area (Å²) in [6, 6.07) is 8.23. The summed E-state index contributed by atoms with van der Waals surface area (Å²) in [5.41, 5.74) is 2.78. The molecule has 20 heavy (non-hydrogen) atoms. The number of nitrogens with one attached hydrogen (secondary N) is 1. The second-order valence-corrected chi connectivity index (χ2v) is 5.74. The van der Waals surface area contributed by atoms with Crippen molar-refractivity contribution in [1.82, 2.24) is 14.9 Å². The lowest BCUT2D eigenvalue weighted by molar-refractivity contribution is 0.414. The molecule has 0 radical (unpaired) electrons. The van der Waals surface area contributed by atoms with E-state index in [9.17, 15) is 0 Å². The van der Waals surface area contributed by atoms with Crippen LogP contribution in [0.1, 0.15) is 24.6 Å². The minimum Gasteiger partial charge on any atom is -0.497 e. The molecule has 0 saturated carbocycles. The fourth-order valence-corrected chi connectivity index (χ4v) is 2.91. The van der Waals surface area contributed by atoms with Gasteiger partial charge in [0.15, 0.2) is 0 Å². The Balaban J connectivity index is 1.82. The first-order valence-electron chi connectivity index (χ1n) is 7.05. The van der Waals surface area contributed by atoms with Gasteiger partial charge in [0.25, 0.3) is 0 Å². The van der Waals surface area contributed by atoms with Gasteiger partial charge in [-0.15, -0.1) is 0 Å². The van der Waals surface area contributed by atoms with Gasteiger partial charge in [0.05, 0.1) is 13.4 Å². The van der Waals surface area contributed by atoms with Gasteiger partial charge in [-0.2, -0.15) is 0 Å². The van der Waals surface area contributed by atoms with E-state index in [1.165, 1.54) is 17.7 Å². The Kier molecular flexibility index (Phi) is 3.49. The summed E-state index contributed by atoms with van der Waals surface area (Å²) in [5.74, 6) is 0.895. The van der Waals surface area contributed by atoms with Gasteiger partial charge < -0.3 is 14.6 Å². The van der Waals surface area contributed by atoms with E-state index in [1.807, 2.05) is 24.7 Å². The van der Waals surface area contributed by atoms with E-state index < -0.39 is 0 Å². The largest absolute Gasteiger partial charge is 0.497 e. The number of ether oxygens (including phenoxy) is 1. The Hall–Kier alpha value is -1.81. The molecule has 0 amide bonds. The highest BCUT2D eigenvalue weighted by Crippen LogP contribution is 2.30. The van der Waals surface area contributed by atoms with Crippen molar-refractivity contribution in [3.05, 3.63) is 48.0 Å². The molecule has 1 aromatic carbocycles. The molecule has 4 nitrogen and oxygen atoms in total. The molecular formula is C16H21N3O. The highest BCUT2D eigenvalue weighted by molar-refractivity contribution is 5.28. The maximum atomic E-state index is 5.20. The molecule has 1 aromatic heterocycles. The Morgan fingerprint density at radius 1 is 1.35 bits per heavy atom. The highest BCUT2D eigenvalue weighted by atomic mass is 16.5. The minimum atomic E-state index is 0.197. The van der Waals surface area contributed by atoms with Gasteiger partial charge in [-0.1, -0.05) is 19.1 Å². The number of imidazole rings is 1. The Bertz CT molecular complexity index is 568. The number of aromatic nitrogens is 2. The summed E-state index contributed by atoms with van der Waals surface area (Å²) in [6.07, 6.45) is 5.11. The van der Waals surface area contributed by atoms with Crippen molar-refractivity contribution in [3.8, 4) is 5.75 Å². The van der Waals surface area contributed by atoms with Crippen molar-refractivity contribution in [2.75, 3.05) is 20.2 Å². The van der Waals surface area contributed by atoms with E-state index in [1.54, 1.807) is 7.11 Å². The van der Waals surface area contributed by atoms with Crippen LogP contribution in [-0.4, -0.2) is 29.8 Å². The molecular weight excluding hydrogens is 250 g/mol. The summed E-state index contributed by atoms with van der Waals surface area (Å²) in [7, 11) is 1.69. The zero-order chi connectivity index (χ0) is 14.0. The molecule has 4 heteroatoms. The molecule has 106 valence electrons. The molecule has 1 atom stereocenters. The average molecular weight is 271 g/mol. The molecule has 1 N–H and O–H groups in total. The summed E-state index contributed by atoms with van der Waals surface area (Å²) in [5, 5.41) is 3.45. The number of rotatable bonds is 4. The topological polar surface area (TPSA) is 39.1 Å². The fraction of sp³-hybridized carbons (Fsp3) is 0.438. The average Bonchev–Trinajstić information content (AvgIpc) is 3.10. The summed E-state index contributed by atoms with van der Waals surface area (Å²) in [6.45, 7) is 5.29. The predicted molar refractivity (Wildman–Crippen MR) is 79.2 cm³/mol. The number of hydrogen-bond donors (Lipinski definition) is 1. The van der Waals surface area contributed by atoms with Crippen LogP contribution < -0.4 is 10.1 Å². The van der Waals surface area contributed by atoms with E-state index in [0.29, 0.717) is 0 Å². The van der Waals surface area contributed by atoms with Gasteiger partial charge in [-0.3, -0.25) is 0 Å². The molecule has 1 aliphatic heterocycles. The van der Waals surface area contributed by atoms with Crippen LogP contribution in [0.15, 0.2) is 36.8 Å². The van der Waals surface area contributed by atoms with Crippen LogP contribution in [0.2, 0.25) is 0 Å². The van der Waals surface area contributed by atoms with E-state index in [-0.39, 0.29) is 5.41 Å². The number of nitrogens with zero attached hydrogens (tertiary/aromatic N) is 2. The number of benzene rings is 1. The summed E-state index contributed by atoms with van der Waals surface area (Å²) >= 11 is 0. The zero-order valence-electron chi connectivity index (χ0n) is 12.1. The maximum absolute atomic E-state index is 5.20. The van der Waals surface area contributed by atoms with E-state index in [2.05, 4.69) is 33.9 Å². The van der Waals surface area contributed by atoms with Crippen LogP contribution in [0.25, 0.3) is 0 Å². The van der Waals surface area contributed by atoms with Gasteiger partial charge in [0.2, 0.25) is 0 Å². The lowest BCUT2D eigenvalue weighted by atomic mass is 9.86. The van der Waals surface area contributed by atoms with Gasteiger partial charge in [-0.25, -0.2) is 4.98 Å². The second kappa shape index (κ2) is 5.29. The molecule has 1 fully saturated rings. The molecule has 0 bridgehead atoms. The van der Waals surface area contributed by atoms with Crippen LogP contribution >= 0.6 is 0 Å². The van der Waals surface area contributed by atoms with E-state index >= 15 is 0 Å². The summed E-state index contributed by atoms with van der Waals surface area (Å²) < 4.78 is 7.46. The SMILES string of the molecule is COc1ccc(Cn2cncc2C2(C)CCNC2)cc1. The predicted octanol–water partition coefficient (Wildman–Crippen LogP) is 2.19. The van der Waals surface area contributed by atoms with Crippen LogP contribution in [0.3, 0.4) is 0 Å². The molecule has 1 unspecified atom stereocenters. The van der Waals surface area contributed by atoms with Crippen molar-refractivity contribution in [1.29, 1.82) is 0 Å². The first-order chi connectivity index (χ1) is 9.71. The first-order valence-corrected chi connectivity index (χ1v) is 7.05. The zero-order valence-corrected chi connectivity index (χ0v) is 12.1. The van der Waals surface area contributed by atoms with Crippen molar-refractivity contribution in [2.45, 2.75) is 25.3 Å². The minimum absolute atomic E-state index is 0.197. The van der Waals surface area contributed by atoms with Gasteiger partial charge in [0.1, 0.15) is 5.75 Å². The lowest BCUT2D eigenvalue weighted by Gasteiger charge is -2.24. The first kappa shape index (κ1) is 13.2. The Morgan fingerprint density at radius 2 is 2.15 bits per heavy atom. The van der Waals surface area contributed by atoms with Gasteiger partial charge in [0, 0.05) is 30.4 Å². The molecule has 2 heterocycles. The quantitative estimate of drug-likeness (QED) is 0.926. The van der Waals surface area contributed by atoms with Crippen LogP contribution in [0.4, 0.5) is 0 Å². The third kappa shape index (κ3) is 2.43. The normalized spacial score (nSPS) is 22.1. The molecule has 0 aliphatic carbocycles. The van der Waals surface area contributed by atoms with E-state index in [0.717, 1.165) is 25.4 Å². The molecule has 2 aromatic rings. The molecule has 1 saturated heterocycles. The van der Waals surface area contributed by atoms with Crippen LogP contribution in [0.5, 0.6) is 5.75 Å². The Morgan fingerprint density at radius 3 is 2.80 bits per heavy atom.